The van der Waals surface area contributed by atoms with Gasteiger partial charge in [0.05, 0.1) is 5.75 Å². The quantitative estimate of drug-likeness (QED) is 0.657. The number of imidazole rings is 1. The van der Waals surface area contributed by atoms with E-state index in [0.717, 1.165) is 0 Å². The first-order valence-corrected chi connectivity index (χ1v) is 5.97. The van der Waals surface area contributed by atoms with Crippen LogP contribution in [0.5, 0.6) is 0 Å². The normalized spacial score (nSPS) is 11.3. The lowest BCUT2D eigenvalue weighted by Crippen LogP contribution is -2.30. The molecule has 0 aliphatic rings. The average molecular weight is 232 g/mol. The summed E-state index contributed by atoms with van der Waals surface area (Å²) in [5.74, 6) is -0.142. The van der Waals surface area contributed by atoms with Crippen LogP contribution in [-0.2, 0) is 10.0 Å². The van der Waals surface area contributed by atoms with E-state index in [0.29, 0.717) is 6.42 Å². The van der Waals surface area contributed by atoms with E-state index < -0.39 is 10.0 Å². The standard InChI is InChI=1S/C7H12N4O3S/c8-15(13,14)5-1-2-10-7(12)11-4-3-9-6-11/h3-4,6H,1-2,5H2,(H,10,12)(H2,8,13,14). The van der Waals surface area contributed by atoms with Gasteiger partial charge in [-0.25, -0.2) is 23.3 Å². The summed E-state index contributed by atoms with van der Waals surface area (Å²) in [6, 6.07) is -0.345. The second kappa shape index (κ2) is 4.89. The summed E-state index contributed by atoms with van der Waals surface area (Å²) >= 11 is 0. The van der Waals surface area contributed by atoms with Crippen LogP contribution in [0.1, 0.15) is 6.42 Å². The Kier molecular flexibility index (Phi) is 3.81. The van der Waals surface area contributed by atoms with Crippen molar-refractivity contribution in [2.45, 2.75) is 6.42 Å². The zero-order valence-electron chi connectivity index (χ0n) is 7.96. The predicted octanol–water partition coefficient (Wildman–Crippen LogP) is -0.881. The number of amides is 1. The second-order valence-electron chi connectivity index (χ2n) is 2.92. The molecule has 8 heteroatoms. The first-order chi connectivity index (χ1) is 6.99. The summed E-state index contributed by atoms with van der Waals surface area (Å²) in [6.45, 7) is 0.257. The molecule has 0 aliphatic heterocycles. The molecule has 0 saturated heterocycles. The van der Waals surface area contributed by atoms with E-state index in [2.05, 4.69) is 10.3 Å². The van der Waals surface area contributed by atoms with E-state index in [4.69, 9.17) is 5.14 Å². The van der Waals surface area contributed by atoms with E-state index in [1.807, 2.05) is 0 Å². The molecule has 3 N–H and O–H groups in total. The Morgan fingerprint density at radius 1 is 1.53 bits per heavy atom. The van der Waals surface area contributed by atoms with Crippen molar-refractivity contribution < 1.29 is 13.2 Å². The highest BCUT2D eigenvalue weighted by Gasteiger charge is 2.04. The maximum atomic E-state index is 11.3. The number of primary sulfonamides is 1. The number of nitrogens with zero attached hydrogens (tertiary/aromatic N) is 2. The Hall–Kier alpha value is -1.41. The molecule has 0 atom stereocenters. The maximum Gasteiger partial charge on any atom is 0.326 e. The maximum absolute atomic E-state index is 11.3. The molecule has 0 saturated carbocycles. The van der Waals surface area contributed by atoms with E-state index in [9.17, 15) is 13.2 Å². The van der Waals surface area contributed by atoms with E-state index in [-0.39, 0.29) is 18.3 Å². The minimum absolute atomic E-state index is 0.142. The Balaban J connectivity index is 2.24. The van der Waals surface area contributed by atoms with Gasteiger partial charge in [-0.1, -0.05) is 0 Å². The van der Waals surface area contributed by atoms with Crippen LogP contribution in [0.25, 0.3) is 0 Å². The summed E-state index contributed by atoms with van der Waals surface area (Å²) < 4.78 is 22.4. The van der Waals surface area contributed by atoms with Gasteiger partial charge < -0.3 is 5.32 Å². The molecule has 84 valence electrons. The average Bonchev–Trinajstić information content (AvgIpc) is 2.63. The van der Waals surface area contributed by atoms with Crippen molar-refractivity contribution in [3.63, 3.8) is 0 Å². The summed E-state index contributed by atoms with van der Waals surface area (Å²) in [6.07, 6.45) is 4.62. The van der Waals surface area contributed by atoms with Crippen LogP contribution in [-0.4, -0.2) is 36.3 Å². The molecular formula is C7H12N4O3S. The number of carbonyl (C=O) groups excluding carboxylic acids is 1. The molecule has 1 rings (SSSR count). The van der Waals surface area contributed by atoms with Gasteiger partial charge in [0.2, 0.25) is 10.0 Å². The molecule has 0 fully saturated rings. The number of aromatic nitrogens is 2. The lowest BCUT2D eigenvalue weighted by Gasteiger charge is -2.03. The van der Waals surface area contributed by atoms with Crippen LogP contribution in [0.15, 0.2) is 18.7 Å². The molecule has 0 bridgehead atoms. The van der Waals surface area contributed by atoms with Crippen molar-refractivity contribution in [1.82, 2.24) is 14.9 Å². The third-order valence-corrected chi connectivity index (χ3v) is 2.48. The van der Waals surface area contributed by atoms with E-state index >= 15 is 0 Å². The first kappa shape index (κ1) is 11.7. The Morgan fingerprint density at radius 3 is 2.80 bits per heavy atom. The van der Waals surface area contributed by atoms with Crippen LogP contribution in [0.2, 0.25) is 0 Å². The number of hydrogen-bond donors (Lipinski definition) is 2. The minimum atomic E-state index is -3.45. The van der Waals surface area contributed by atoms with E-state index in [1.165, 1.54) is 23.3 Å². The summed E-state index contributed by atoms with van der Waals surface area (Å²) in [7, 11) is -3.45. The van der Waals surface area contributed by atoms with Gasteiger partial charge in [-0.15, -0.1) is 0 Å². The largest absolute Gasteiger partial charge is 0.337 e. The Bertz CT molecular complexity index is 411. The van der Waals surface area contributed by atoms with Crippen LogP contribution in [0.4, 0.5) is 4.79 Å². The van der Waals surface area contributed by atoms with Crippen molar-refractivity contribution in [2.75, 3.05) is 12.3 Å². The second-order valence-corrected chi connectivity index (χ2v) is 4.66. The first-order valence-electron chi connectivity index (χ1n) is 4.26. The number of carbonyl (C=O) groups is 1. The number of rotatable bonds is 4. The van der Waals surface area contributed by atoms with Crippen molar-refractivity contribution in [3.8, 4) is 0 Å². The molecule has 0 spiro atoms. The summed E-state index contributed by atoms with van der Waals surface area (Å²) in [4.78, 5) is 15.0. The van der Waals surface area contributed by atoms with Gasteiger partial charge >= 0.3 is 6.03 Å². The van der Waals surface area contributed by atoms with Gasteiger partial charge in [0.15, 0.2) is 0 Å². The fourth-order valence-electron chi connectivity index (χ4n) is 0.939. The lowest BCUT2D eigenvalue weighted by molar-refractivity contribution is 0.242. The number of nitrogens with two attached hydrogens (primary N) is 1. The van der Waals surface area contributed by atoms with Crippen molar-refractivity contribution in [3.05, 3.63) is 18.7 Å². The number of hydrogen-bond acceptors (Lipinski definition) is 4. The van der Waals surface area contributed by atoms with Crippen LogP contribution in [0.3, 0.4) is 0 Å². The van der Waals surface area contributed by atoms with Gasteiger partial charge in [0, 0.05) is 18.9 Å². The highest BCUT2D eigenvalue weighted by molar-refractivity contribution is 7.89. The minimum Gasteiger partial charge on any atom is -0.337 e. The topological polar surface area (TPSA) is 107 Å². The van der Waals surface area contributed by atoms with E-state index in [1.54, 1.807) is 0 Å². The van der Waals surface area contributed by atoms with Crippen LogP contribution < -0.4 is 10.5 Å². The number of nitrogens with one attached hydrogen (secondary N) is 1. The van der Waals surface area contributed by atoms with Gasteiger partial charge in [0.25, 0.3) is 0 Å². The van der Waals surface area contributed by atoms with Crippen LogP contribution >= 0.6 is 0 Å². The molecule has 0 aromatic carbocycles. The summed E-state index contributed by atoms with van der Waals surface area (Å²) in [5, 5.41) is 7.31. The molecule has 1 heterocycles. The fourth-order valence-corrected chi connectivity index (χ4v) is 1.49. The van der Waals surface area contributed by atoms with Crippen molar-refractivity contribution >= 4 is 16.1 Å². The monoisotopic (exact) mass is 232 g/mol. The molecule has 1 amide bonds. The molecule has 0 radical (unpaired) electrons. The summed E-state index contributed by atoms with van der Waals surface area (Å²) in [5.41, 5.74) is 0. The van der Waals surface area contributed by atoms with Gasteiger partial charge in [-0.2, -0.15) is 0 Å². The van der Waals surface area contributed by atoms with Gasteiger partial charge in [-0.05, 0) is 6.42 Å². The SMILES string of the molecule is NS(=O)(=O)CCCNC(=O)n1ccnc1. The molecule has 7 nitrogen and oxygen atoms in total. The third-order valence-electron chi connectivity index (χ3n) is 1.62. The zero-order valence-corrected chi connectivity index (χ0v) is 8.77. The van der Waals surface area contributed by atoms with Crippen molar-refractivity contribution in [2.24, 2.45) is 5.14 Å². The highest BCUT2D eigenvalue weighted by Crippen LogP contribution is 1.87. The molecule has 0 unspecified atom stereocenters. The Morgan fingerprint density at radius 2 is 2.27 bits per heavy atom. The lowest BCUT2D eigenvalue weighted by atomic mass is 10.5. The highest BCUT2D eigenvalue weighted by atomic mass is 32.2. The van der Waals surface area contributed by atoms with Crippen LogP contribution in [0, 0.1) is 0 Å². The molecule has 1 aromatic rings. The number of sulfonamides is 1. The zero-order chi connectivity index (χ0) is 11.3. The van der Waals surface area contributed by atoms with Crippen molar-refractivity contribution in [1.29, 1.82) is 0 Å². The third kappa shape index (κ3) is 4.56. The smallest absolute Gasteiger partial charge is 0.326 e. The molecular weight excluding hydrogens is 220 g/mol. The Labute approximate surface area is 87.3 Å². The molecule has 15 heavy (non-hydrogen) atoms. The van der Waals surface area contributed by atoms with Gasteiger partial charge in [0.1, 0.15) is 6.33 Å². The fraction of sp³-hybridized carbons (Fsp3) is 0.429. The van der Waals surface area contributed by atoms with Gasteiger partial charge in [-0.3, -0.25) is 4.57 Å². The molecule has 1 aromatic heterocycles. The molecule has 0 aliphatic carbocycles. The predicted molar refractivity (Wildman–Crippen MR) is 53.6 cm³/mol.